The molecule has 1 rings (SSSR count). The topological polar surface area (TPSA) is 12.0 Å². The van der Waals surface area contributed by atoms with Crippen molar-refractivity contribution in [1.82, 2.24) is 0 Å². The monoisotopic (exact) mass is 267 g/mol. The zero-order chi connectivity index (χ0) is 10.7. The molecule has 0 amide bonds. The first-order valence-corrected chi connectivity index (χ1v) is 4.80. The van der Waals surface area contributed by atoms with E-state index >= 15 is 0 Å². The largest absolute Gasteiger partial charge is 0.374 e. The summed E-state index contributed by atoms with van der Waals surface area (Å²) in [5.74, 6) is -0.549. The molecular formula is C9H9BrF3N. The third kappa shape index (κ3) is 2.64. The number of alkyl halides is 2. The van der Waals surface area contributed by atoms with Crippen LogP contribution in [-0.2, 0) is 0 Å². The Morgan fingerprint density at radius 2 is 2.00 bits per heavy atom. The summed E-state index contributed by atoms with van der Waals surface area (Å²) in [5, 5.41) is 2.41. The number of para-hydroxylation sites is 1. The van der Waals surface area contributed by atoms with Crippen molar-refractivity contribution in [1.29, 1.82) is 0 Å². The number of hydrogen-bond donors (Lipinski definition) is 1. The van der Waals surface area contributed by atoms with Crippen LogP contribution in [0.15, 0.2) is 22.7 Å². The molecule has 0 aliphatic rings. The molecule has 0 aliphatic carbocycles. The molecule has 0 aliphatic heterocycles. The average Bonchev–Trinajstić information content (AvgIpc) is 2.11. The minimum absolute atomic E-state index is 0.0697. The minimum atomic E-state index is -2.53. The molecule has 1 atom stereocenters. The van der Waals surface area contributed by atoms with Gasteiger partial charge in [-0.15, -0.1) is 0 Å². The van der Waals surface area contributed by atoms with Crippen LogP contribution in [0.3, 0.4) is 0 Å². The summed E-state index contributed by atoms with van der Waals surface area (Å²) >= 11 is 3.08. The number of nitrogens with one attached hydrogen (secondary N) is 1. The van der Waals surface area contributed by atoms with Crippen molar-refractivity contribution in [2.75, 3.05) is 5.32 Å². The van der Waals surface area contributed by atoms with Gasteiger partial charge in [0.2, 0.25) is 0 Å². The maximum absolute atomic E-state index is 13.1. The molecular weight excluding hydrogens is 259 g/mol. The Kier molecular flexibility index (Phi) is 3.80. The Morgan fingerprint density at radius 3 is 2.50 bits per heavy atom. The molecule has 0 saturated carbocycles. The first-order valence-electron chi connectivity index (χ1n) is 4.01. The molecule has 1 N–H and O–H groups in total. The summed E-state index contributed by atoms with van der Waals surface area (Å²) < 4.78 is 37.9. The highest BCUT2D eigenvalue weighted by Gasteiger charge is 2.16. The molecule has 0 spiro atoms. The van der Waals surface area contributed by atoms with E-state index in [-0.39, 0.29) is 5.69 Å². The van der Waals surface area contributed by atoms with Gasteiger partial charge in [0.25, 0.3) is 6.43 Å². The SMILES string of the molecule is CC(Nc1c(F)cccc1Br)C(F)F. The van der Waals surface area contributed by atoms with Crippen LogP contribution < -0.4 is 5.32 Å². The fourth-order valence-corrected chi connectivity index (χ4v) is 1.38. The first kappa shape index (κ1) is 11.4. The number of rotatable bonds is 3. The normalized spacial score (nSPS) is 13.0. The van der Waals surface area contributed by atoms with Crippen molar-refractivity contribution < 1.29 is 13.2 Å². The van der Waals surface area contributed by atoms with Crippen LogP contribution in [0.4, 0.5) is 18.9 Å². The fraction of sp³-hybridized carbons (Fsp3) is 0.333. The van der Waals surface area contributed by atoms with Crippen LogP contribution in [0, 0.1) is 5.82 Å². The quantitative estimate of drug-likeness (QED) is 0.882. The Hall–Kier alpha value is -0.710. The number of benzene rings is 1. The van der Waals surface area contributed by atoms with Gasteiger partial charge in [-0.1, -0.05) is 6.07 Å². The van der Waals surface area contributed by atoms with Crippen LogP contribution in [-0.4, -0.2) is 12.5 Å². The van der Waals surface area contributed by atoms with E-state index in [2.05, 4.69) is 21.2 Å². The molecule has 0 fully saturated rings. The smallest absolute Gasteiger partial charge is 0.258 e. The average molecular weight is 268 g/mol. The van der Waals surface area contributed by atoms with Gasteiger partial charge >= 0.3 is 0 Å². The second-order valence-corrected chi connectivity index (χ2v) is 3.72. The highest BCUT2D eigenvalue weighted by atomic mass is 79.9. The van der Waals surface area contributed by atoms with E-state index in [9.17, 15) is 13.2 Å². The maximum atomic E-state index is 13.1. The summed E-state index contributed by atoms with van der Waals surface area (Å²) in [6.45, 7) is 1.30. The standard InChI is InChI=1S/C9H9BrF3N/c1-5(9(12)13)14-8-6(10)3-2-4-7(8)11/h2-5,9,14H,1H3. The fourth-order valence-electron chi connectivity index (χ4n) is 0.926. The van der Waals surface area contributed by atoms with Gasteiger partial charge in [-0.05, 0) is 35.0 Å². The molecule has 5 heteroatoms. The summed E-state index contributed by atoms with van der Waals surface area (Å²) in [7, 11) is 0. The zero-order valence-electron chi connectivity index (χ0n) is 7.40. The molecule has 1 aromatic carbocycles. The second kappa shape index (κ2) is 4.68. The molecule has 0 radical (unpaired) electrons. The van der Waals surface area contributed by atoms with E-state index in [1.54, 1.807) is 6.07 Å². The molecule has 14 heavy (non-hydrogen) atoms. The van der Waals surface area contributed by atoms with Gasteiger partial charge < -0.3 is 5.32 Å². The molecule has 0 heterocycles. The summed E-state index contributed by atoms with van der Waals surface area (Å²) in [4.78, 5) is 0. The van der Waals surface area contributed by atoms with Gasteiger partial charge in [0, 0.05) is 4.47 Å². The van der Waals surface area contributed by atoms with Crippen molar-refractivity contribution in [2.24, 2.45) is 0 Å². The highest BCUT2D eigenvalue weighted by molar-refractivity contribution is 9.10. The maximum Gasteiger partial charge on any atom is 0.258 e. The van der Waals surface area contributed by atoms with Gasteiger partial charge in [-0.3, -0.25) is 0 Å². The second-order valence-electron chi connectivity index (χ2n) is 2.86. The van der Waals surface area contributed by atoms with E-state index in [4.69, 9.17) is 0 Å². The van der Waals surface area contributed by atoms with Gasteiger partial charge in [-0.2, -0.15) is 0 Å². The molecule has 0 bridgehead atoms. The van der Waals surface area contributed by atoms with Crippen molar-refractivity contribution in [2.45, 2.75) is 19.4 Å². The molecule has 1 unspecified atom stereocenters. The lowest BCUT2D eigenvalue weighted by Crippen LogP contribution is -2.24. The number of halogens is 4. The van der Waals surface area contributed by atoms with Crippen molar-refractivity contribution in [3.8, 4) is 0 Å². The lowest BCUT2D eigenvalue weighted by molar-refractivity contribution is 0.130. The van der Waals surface area contributed by atoms with Crippen LogP contribution in [0.1, 0.15) is 6.92 Å². The first-order chi connectivity index (χ1) is 6.52. The van der Waals surface area contributed by atoms with Crippen LogP contribution in [0.2, 0.25) is 0 Å². The molecule has 0 saturated heterocycles. The third-order valence-electron chi connectivity index (χ3n) is 1.71. The predicted molar refractivity (Wildman–Crippen MR) is 53.2 cm³/mol. The lowest BCUT2D eigenvalue weighted by atomic mass is 10.2. The van der Waals surface area contributed by atoms with Crippen LogP contribution in [0.5, 0.6) is 0 Å². The Balaban J connectivity index is 2.85. The van der Waals surface area contributed by atoms with Gasteiger partial charge in [0.1, 0.15) is 5.82 Å². The summed E-state index contributed by atoms with van der Waals surface area (Å²) in [6, 6.07) is 3.22. The van der Waals surface area contributed by atoms with Crippen LogP contribution in [0.25, 0.3) is 0 Å². The lowest BCUT2D eigenvalue weighted by Gasteiger charge is -2.15. The van der Waals surface area contributed by atoms with Crippen molar-refractivity contribution >= 4 is 21.6 Å². The van der Waals surface area contributed by atoms with Crippen LogP contribution >= 0.6 is 15.9 Å². The highest BCUT2D eigenvalue weighted by Crippen LogP contribution is 2.26. The predicted octanol–water partition coefficient (Wildman–Crippen LogP) is 3.65. The molecule has 1 aromatic rings. The van der Waals surface area contributed by atoms with E-state index in [0.29, 0.717) is 4.47 Å². The Labute approximate surface area is 88.4 Å². The number of hydrogen-bond acceptors (Lipinski definition) is 1. The Bertz CT molecular complexity index is 297. The van der Waals surface area contributed by atoms with E-state index in [1.165, 1.54) is 19.1 Å². The summed E-state index contributed by atoms with van der Waals surface area (Å²) in [5.41, 5.74) is 0.0697. The van der Waals surface area contributed by atoms with Gasteiger partial charge in [0.15, 0.2) is 0 Å². The molecule has 0 aromatic heterocycles. The third-order valence-corrected chi connectivity index (χ3v) is 2.37. The zero-order valence-corrected chi connectivity index (χ0v) is 8.98. The van der Waals surface area contributed by atoms with Crippen molar-refractivity contribution in [3.05, 3.63) is 28.5 Å². The van der Waals surface area contributed by atoms with E-state index in [0.717, 1.165) is 0 Å². The Morgan fingerprint density at radius 1 is 1.36 bits per heavy atom. The van der Waals surface area contributed by atoms with Gasteiger partial charge in [0.05, 0.1) is 11.7 Å². The van der Waals surface area contributed by atoms with Crippen molar-refractivity contribution in [3.63, 3.8) is 0 Å². The molecule has 1 nitrogen and oxygen atoms in total. The van der Waals surface area contributed by atoms with Gasteiger partial charge in [-0.25, -0.2) is 13.2 Å². The summed E-state index contributed by atoms with van der Waals surface area (Å²) in [6.07, 6.45) is -2.53. The van der Waals surface area contributed by atoms with E-state index < -0.39 is 18.3 Å². The van der Waals surface area contributed by atoms with E-state index in [1.807, 2.05) is 0 Å². The minimum Gasteiger partial charge on any atom is -0.374 e. The molecule has 78 valence electrons. The number of anilines is 1.